The summed E-state index contributed by atoms with van der Waals surface area (Å²) in [6.45, 7) is 0. The number of H-pyrrole nitrogens is 1. The number of aromatic nitrogens is 4. The normalized spacial score (nSPS) is 12.5. The third-order valence-corrected chi connectivity index (χ3v) is 8.87. The molecule has 1 N–H and O–H groups in total. The van der Waals surface area contributed by atoms with Crippen LogP contribution in [0.4, 0.5) is 0 Å². The van der Waals surface area contributed by atoms with Gasteiger partial charge in [-0.15, -0.1) is 0 Å². The Hall–Kier alpha value is -2.26. The fourth-order valence-electron chi connectivity index (χ4n) is 4.24. The van der Waals surface area contributed by atoms with E-state index in [0.29, 0.717) is 0 Å². The van der Waals surface area contributed by atoms with Gasteiger partial charge in [-0.1, -0.05) is 30.3 Å². The Morgan fingerprint density at radius 2 is 1.37 bits per heavy atom. The van der Waals surface area contributed by atoms with Crippen molar-refractivity contribution in [2.75, 3.05) is 0 Å². The number of benzene rings is 1. The van der Waals surface area contributed by atoms with Crippen LogP contribution in [0.3, 0.4) is 0 Å². The second-order valence-corrected chi connectivity index (χ2v) is 11.4. The molecule has 0 saturated heterocycles. The van der Waals surface area contributed by atoms with Gasteiger partial charge in [0.15, 0.2) is 0 Å². The molecule has 0 unspecified atom stereocenters. The Bertz CT molecular complexity index is 1710. The summed E-state index contributed by atoms with van der Waals surface area (Å²) < 4.78 is 4.91. The van der Waals surface area contributed by atoms with Crippen molar-refractivity contribution in [2.24, 2.45) is 0 Å². The molecule has 6 rings (SSSR count). The minimum atomic E-state index is 0.768. The van der Waals surface area contributed by atoms with E-state index in [1.165, 1.54) is 5.56 Å². The molecule has 4 aromatic rings. The minimum absolute atomic E-state index is 0.768. The van der Waals surface area contributed by atoms with Crippen molar-refractivity contribution >= 4 is 110 Å². The second-order valence-electron chi connectivity index (χ2n) is 8.25. The second kappa shape index (κ2) is 9.32. The lowest BCUT2D eigenvalue weighted by atomic mass is 10.1. The fourth-order valence-corrected chi connectivity index (χ4v) is 7.87. The minimum Gasteiger partial charge on any atom is -0.354 e. The summed E-state index contributed by atoms with van der Waals surface area (Å²) in [6.07, 6.45) is 8.84. The van der Waals surface area contributed by atoms with Gasteiger partial charge in [0.2, 0.25) is 0 Å². The average molecular weight is 716 g/mol. The van der Waals surface area contributed by atoms with Crippen molar-refractivity contribution in [3.8, 4) is 0 Å². The standard InChI is InChI=1S/C27H16Br4N4/c28-22-13-20-12-18-7-6-16(32-18)11-17-8-9-19(33-17)14-23-21(10-15-4-2-1-3-5-15)24(29)27(35(23)31)25(30)26(22)34-20/h1-9,11-14,34H,10H2. The Morgan fingerprint density at radius 3 is 2.06 bits per heavy atom. The number of nitrogens with one attached hydrogen (secondary N) is 1. The summed E-state index contributed by atoms with van der Waals surface area (Å²) in [5.41, 5.74) is 9.80. The Balaban J connectivity index is 1.74. The molecule has 0 saturated carbocycles. The average Bonchev–Trinajstić information content (AvgIpc) is 3.60. The molecular formula is C27H16Br4N4. The topological polar surface area (TPSA) is 46.5 Å². The lowest BCUT2D eigenvalue weighted by molar-refractivity contribution is 1.20. The lowest BCUT2D eigenvalue weighted by Gasteiger charge is -2.01. The molecule has 0 radical (unpaired) electrons. The molecule has 0 atom stereocenters. The third-order valence-electron chi connectivity index (χ3n) is 5.88. The molecule has 8 heteroatoms. The number of halogens is 4. The van der Waals surface area contributed by atoms with Crippen molar-refractivity contribution in [1.29, 1.82) is 0 Å². The van der Waals surface area contributed by atoms with Gasteiger partial charge in [-0.3, -0.25) is 3.59 Å². The number of nitrogens with zero attached hydrogens (tertiary/aromatic N) is 3. The van der Waals surface area contributed by atoms with E-state index in [1.54, 1.807) is 0 Å². The van der Waals surface area contributed by atoms with Crippen LogP contribution < -0.4 is 0 Å². The summed E-state index contributed by atoms with van der Waals surface area (Å²) in [4.78, 5) is 13.1. The molecule has 2 aliphatic heterocycles. The summed E-state index contributed by atoms with van der Waals surface area (Å²) >= 11 is 15.4. The fraction of sp³-hybridized carbons (Fsp3) is 0.0370. The van der Waals surface area contributed by atoms with E-state index in [0.717, 1.165) is 70.2 Å². The molecule has 0 fully saturated rings. The van der Waals surface area contributed by atoms with Gasteiger partial charge in [0.05, 0.1) is 59.9 Å². The molecule has 4 nitrogen and oxygen atoms in total. The van der Waals surface area contributed by atoms with Gasteiger partial charge in [0.25, 0.3) is 0 Å². The van der Waals surface area contributed by atoms with E-state index in [-0.39, 0.29) is 0 Å². The highest BCUT2D eigenvalue weighted by Crippen LogP contribution is 2.40. The maximum absolute atomic E-state index is 4.83. The van der Waals surface area contributed by atoms with Gasteiger partial charge in [0, 0.05) is 20.9 Å². The molecule has 0 aliphatic carbocycles. The molecule has 0 spiro atoms. The van der Waals surface area contributed by atoms with E-state index in [4.69, 9.17) is 9.97 Å². The highest BCUT2D eigenvalue weighted by molar-refractivity contribution is 9.12. The van der Waals surface area contributed by atoms with Crippen LogP contribution in [0, 0.1) is 0 Å². The van der Waals surface area contributed by atoms with Crippen LogP contribution in [0.15, 0.2) is 68.0 Å². The maximum Gasteiger partial charge on any atom is 0.0834 e. The number of hydrogen-bond acceptors (Lipinski definition) is 2. The highest BCUT2D eigenvalue weighted by atomic mass is 79.9. The summed E-state index contributed by atoms with van der Waals surface area (Å²) in [5, 5.41) is 0. The van der Waals surface area contributed by atoms with Crippen molar-refractivity contribution in [3.05, 3.63) is 102 Å². The van der Waals surface area contributed by atoms with Crippen molar-refractivity contribution in [3.63, 3.8) is 0 Å². The number of aromatic amines is 1. The highest BCUT2D eigenvalue weighted by Gasteiger charge is 2.18. The summed E-state index contributed by atoms with van der Waals surface area (Å²) in [7, 11) is 0. The molecule has 0 amide bonds. The van der Waals surface area contributed by atoms with E-state index < -0.39 is 0 Å². The molecule has 35 heavy (non-hydrogen) atoms. The first kappa shape index (κ1) is 23.2. The van der Waals surface area contributed by atoms with Crippen molar-refractivity contribution < 1.29 is 0 Å². The van der Waals surface area contributed by atoms with Crippen LogP contribution in [0.5, 0.6) is 0 Å². The van der Waals surface area contributed by atoms with E-state index in [2.05, 4.69) is 105 Å². The predicted octanol–water partition coefficient (Wildman–Crippen LogP) is 9.17. The van der Waals surface area contributed by atoms with E-state index >= 15 is 0 Å². The third kappa shape index (κ3) is 4.42. The first-order valence-electron chi connectivity index (χ1n) is 10.8. The Morgan fingerprint density at radius 1 is 0.743 bits per heavy atom. The van der Waals surface area contributed by atoms with Crippen LogP contribution in [-0.2, 0) is 6.42 Å². The monoisotopic (exact) mass is 712 g/mol. The van der Waals surface area contributed by atoms with Gasteiger partial charge in [-0.2, -0.15) is 0 Å². The SMILES string of the molecule is Brc1cc2cc3nc(cc4nc(cc5c(Cc6ccccc6)c(Br)c(c(Br)c1[nH]2)n5Br)C=C4)C=C3. The number of hydrogen-bond donors (Lipinski definition) is 1. The van der Waals surface area contributed by atoms with Gasteiger partial charge in [0.1, 0.15) is 0 Å². The first-order valence-corrected chi connectivity index (χ1v) is 13.9. The van der Waals surface area contributed by atoms with Crippen LogP contribution in [0.1, 0.15) is 33.9 Å². The Kier molecular flexibility index (Phi) is 6.16. The van der Waals surface area contributed by atoms with E-state index in [9.17, 15) is 0 Å². The molecule has 3 aromatic heterocycles. The zero-order valence-corrected chi connectivity index (χ0v) is 24.4. The molecule has 8 bridgehead atoms. The molecular weight excluding hydrogens is 700 g/mol. The summed E-state index contributed by atoms with van der Waals surface area (Å²) in [6, 6.07) is 18.7. The van der Waals surface area contributed by atoms with Crippen LogP contribution >= 0.6 is 63.9 Å². The lowest BCUT2D eigenvalue weighted by Crippen LogP contribution is -1.88. The van der Waals surface area contributed by atoms with E-state index in [1.807, 2.05) is 46.1 Å². The largest absolute Gasteiger partial charge is 0.354 e. The van der Waals surface area contributed by atoms with Crippen LogP contribution in [0.25, 0.3) is 46.4 Å². The van der Waals surface area contributed by atoms with Crippen molar-refractivity contribution in [2.45, 2.75) is 6.42 Å². The molecule has 2 aliphatic rings. The Labute approximate surface area is 235 Å². The molecule has 172 valence electrons. The first-order chi connectivity index (χ1) is 17.0. The van der Waals surface area contributed by atoms with Gasteiger partial charge in [-0.05, 0) is 107 Å². The number of rotatable bonds is 2. The molecule has 1 aromatic carbocycles. The number of fused-ring (bicyclic) bond motifs is 8. The summed E-state index contributed by atoms with van der Waals surface area (Å²) in [5.74, 6) is 0. The van der Waals surface area contributed by atoms with Gasteiger partial charge < -0.3 is 4.98 Å². The zero-order chi connectivity index (χ0) is 24.1. The van der Waals surface area contributed by atoms with Gasteiger partial charge >= 0.3 is 0 Å². The smallest absolute Gasteiger partial charge is 0.0834 e. The maximum atomic E-state index is 4.83. The van der Waals surface area contributed by atoms with Gasteiger partial charge in [-0.25, -0.2) is 9.97 Å². The molecule has 5 heterocycles. The quantitative estimate of drug-likeness (QED) is 0.194. The van der Waals surface area contributed by atoms with Crippen LogP contribution in [-0.4, -0.2) is 18.5 Å². The zero-order valence-electron chi connectivity index (χ0n) is 18.1. The predicted molar refractivity (Wildman–Crippen MR) is 159 cm³/mol. The van der Waals surface area contributed by atoms with Crippen molar-refractivity contribution in [1.82, 2.24) is 18.5 Å². The van der Waals surface area contributed by atoms with Crippen LogP contribution in [0.2, 0.25) is 0 Å².